The summed E-state index contributed by atoms with van der Waals surface area (Å²) in [5, 5.41) is 3.76. The van der Waals surface area contributed by atoms with Crippen LogP contribution in [0.15, 0.2) is 59.5 Å². The fraction of sp³-hybridized carbons (Fsp3) is 0.412. The fourth-order valence-electron chi connectivity index (χ4n) is 5.71. The van der Waals surface area contributed by atoms with Crippen LogP contribution in [0.4, 0.5) is 5.69 Å². The summed E-state index contributed by atoms with van der Waals surface area (Å²) >= 11 is 12.4. The number of ether oxygens (including phenoxy) is 2. The summed E-state index contributed by atoms with van der Waals surface area (Å²) < 4.78 is 40.4. The smallest absolute Gasteiger partial charge is 0.264 e. The maximum atomic E-state index is 14.3. The van der Waals surface area contributed by atoms with E-state index in [2.05, 4.69) is 5.32 Å². The Hall–Kier alpha value is -3.47. The zero-order chi connectivity index (χ0) is 33.6. The molecule has 0 radical (unpaired) electrons. The first-order valence-electron chi connectivity index (χ1n) is 15.2. The summed E-state index contributed by atoms with van der Waals surface area (Å²) in [4.78, 5) is 29.2. The van der Waals surface area contributed by atoms with Crippen molar-refractivity contribution in [3.05, 3.63) is 81.3 Å². The number of anilines is 1. The Morgan fingerprint density at radius 1 is 0.891 bits per heavy atom. The SMILES string of the molecule is COc1ccc(S(=O)(=O)N(CC(=O)N(Cc2ccc(Cl)c(Cl)c2)C(C)C(=O)NC2CCCCC2)c2cc(C)cc(C)c2)cc1OC. The van der Waals surface area contributed by atoms with Crippen molar-refractivity contribution in [2.75, 3.05) is 25.1 Å². The lowest BCUT2D eigenvalue weighted by atomic mass is 9.95. The summed E-state index contributed by atoms with van der Waals surface area (Å²) in [5.74, 6) is -0.285. The lowest BCUT2D eigenvalue weighted by Crippen LogP contribution is -2.53. The average molecular weight is 691 g/mol. The van der Waals surface area contributed by atoms with Crippen molar-refractivity contribution in [1.82, 2.24) is 10.2 Å². The second kappa shape index (κ2) is 15.4. The van der Waals surface area contributed by atoms with Gasteiger partial charge in [0.15, 0.2) is 11.5 Å². The summed E-state index contributed by atoms with van der Waals surface area (Å²) in [6.45, 7) is 4.80. The molecule has 46 heavy (non-hydrogen) atoms. The summed E-state index contributed by atoms with van der Waals surface area (Å²) in [5.41, 5.74) is 2.60. The van der Waals surface area contributed by atoms with Gasteiger partial charge in [0.05, 0.1) is 34.8 Å². The summed E-state index contributed by atoms with van der Waals surface area (Å²) in [6.07, 6.45) is 4.95. The molecule has 0 spiro atoms. The molecule has 0 aliphatic heterocycles. The Kier molecular flexibility index (Phi) is 11.9. The molecule has 3 aromatic carbocycles. The van der Waals surface area contributed by atoms with Crippen LogP contribution in [0.3, 0.4) is 0 Å². The second-order valence-electron chi connectivity index (χ2n) is 11.7. The van der Waals surface area contributed by atoms with Crippen molar-refractivity contribution in [2.45, 2.75) is 76.4 Å². The number of nitrogens with zero attached hydrogens (tertiary/aromatic N) is 2. The van der Waals surface area contributed by atoms with Crippen molar-refractivity contribution in [3.8, 4) is 11.5 Å². The van der Waals surface area contributed by atoms with Gasteiger partial charge in [0, 0.05) is 18.7 Å². The highest BCUT2D eigenvalue weighted by atomic mass is 35.5. The van der Waals surface area contributed by atoms with Gasteiger partial charge in [0.1, 0.15) is 12.6 Å². The molecule has 1 aliphatic rings. The number of hydrogen-bond donors (Lipinski definition) is 1. The molecule has 1 saturated carbocycles. The van der Waals surface area contributed by atoms with Gasteiger partial charge >= 0.3 is 0 Å². The molecule has 0 bridgehead atoms. The third-order valence-corrected chi connectivity index (χ3v) is 10.7. The minimum absolute atomic E-state index is 0.00602. The zero-order valence-corrected chi connectivity index (χ0v) is 29.1. The first-order chi connectivity index (χ1) is 21.8. The van der Waals surface area contributed by atoms with Gasteiger partial charge in [-0.05, 0) is 86.7 Å². The van der Waals surface area contributed by atoms with E-state index in [-0.39, 0.29) is 29.1 Å². The van der Waals surface area contributed by atoms with Gasteiger partial charge in [0.2, 0.25) is 11.8 Å². The van der Waals surface area contributed by atoms with Crippen molar-refractivity contribution < 1.29 is 27.5 Å². The highest BCUT2D eigenvalue weighted by molar-refractivity contribution is 7.92. The maximum absolute atomic E-state index is 14.3. The van der Waals surface area contributed by atoms with Gasteiger partial charge < -0.3 is 19.7 Å². The molecule has 1 N–H and O–H groups in total. The van der Waals surface area contributed by atoms with Crippen LogP contribution in [0.25, 0.3) is 0 Å². The molecule has 1 aliphatic carbocycles. The molecule has 1 unspecified atom stereocenters. The van der Waals surface area contributed by atoms with E-state index < -0.39 is 28.5 Å². The van der Waals surface area contributed by atoms with Crippen LogP contribution >= 0.6 is 23.2 Å². The number of carbonyl (C=O) groups excluding carboxylic acids is 2. The second-order valence-corrected chi connectivity index (χ2v) is 14.3. The molecule has 0 aromatic heterocycles. The highest BCUT2D eigenvalue weighted by Crippen LogP contribution is 2.33. The minimum Gasteiger partial charge on any atom is -0.493 e. The third-order valence-electron chi connectivity index (χ3n) is 8.17. The van der Waals surface area contributed by atoms with Crippen molar-refractivity contribution >= 4 is 50.7 Å². The van der Waals surface area contributed by atoms with Gasteiger partial charge in [-0.3, -0.25) is 13.9 Å². The van der Waals surface area contributed by atoms with E-state index in [1.807, 2.05) is 19.9 Å². The Labute approximate surface area is 281 Å². The van der Waals surface area contributed by atoms with Crippen LogP contribution < -0.4 is 19.1 Å². The molecule has 3 aromatic rings. The lowest BCUT2D eigenvalue weighted by Gasteiger charge is -2.33. The van der Waals surface area contributed by atoms with Gasteiger partial charge in [0.25, 0.3) is 10.0 Å². The molecular formula is C34H41Cl2N3O6S. The molecule has 1 fully saturated rings. The number of carbonyl (C=O) groups is 2. The Balaban J connectivity index is 1.75. The molecular weight excluding hydrogens is 649 g/mol. The Morgan fingerprint density at radius 3 is 2.15 bits per heavy atom. The zero-order valence-electron chi connectivity index (χ0n) is 26.8. The van der Waals surface area contributed by atoms with Crippen molar-refractivity contribution in [3.63, 3.8) is 0 Å². The normalized spacial score (nSPS) is 14.3. The molecule has 248 valence electrons. The number of methoxy groups -OCH3 is 2. The van der Waals surface area contributed by atoms with Gasteiger partial charge in [-0.15, -0.1) is 0 Å². The topological polar surface area (TPSA) is 105 Å². The van der Waals surface area contributed by atoms with Crippen molar-refractivity contribution in [2.24, 2.45) is 0 Å². The number of sulfonamides is 1. The molecule has 2 amide bonds. The molecule has 12 heteroatoms. The summed E-state index contributed by atoms with van der Waals surface area (Å²) in [6, 6.07) is 13.7. The van der Waals surface area contributed by atoms with Gasteiger partial charge in [-0.1, -0.05) is 54.6 Å². The van der Waals surface area contributed by atoms with E-state index in [9.17, 15) is 18.0 Å². The number of hydrogen-bond acceptors (Lipinski definition) is 6. The molecule has 0 saturated heterocycles. The van der Waals surface area contributed by atoms with E-state index in [1.54, 1.807) is 37.3 Å². The highest BCUT2D eigenvalue weighted by Gasteiger charge is 2.34. The predicted octanol–water partition coefficient (Wildman–Crippen LogP) is 6.69. The van der Waals surface area contributed by atoms with Crippen LogP contribution in [0, 0.1) is 13.8 Å². The van der Waals surface area contributed by atoms with Crippen LogP contribution in [0.1, 0.15) is 55.7 Å². The fourth-order valence-corrected chi connectivity index (χ4v) is 7.45. The number of aryl methyl sites for hydroxylation is 2. The quantitative estimate of drug-likeness (QED) is 0.227. The van der Waals surface area contributed by atoms with Gasteiger partial charge in [-0.25, -0.2) is 8.42 Å². The first-order valence-corrected chi connectivity index (χ1v) is 17.4. The monoisotopic (exact) mass is 689 g/mol. The van der Waals surface area contributed by atoms with Gasteiger partial charge in [-0.2, -0.15) is 0 Å². The maximum Gasteiger partial charge on any atom is 0.264 e. The van der Waals surface area contributed by atoms with E-state index in [4.69, 9.17) is 32.7 Å². The number of halogens is 2. The number of rotatable bonds is 12. The number of benzene rings is 3. The third kappa shape index (κ3) is 8.46. The molecule has 0 heterocycles. The lowest BCUT2D eigenvalue weighted by molar-refractivity contribution is -0.139. The molecule has 1 atom stereocenters. The van der Waals surface area contributed by atoms with Crippen LogP contribution in [0.5, 0.6) is 11.5 Å². The number of amides is 2. The van der Waals surface area contributed by atoms with Crippen LogP contribution in [0.2, 0.25) is 10.0 Å². The van der Waals surface area contributed by atoms with E-state index in [1.165, 1.54) is 37.3 Å². The molecule has 4 rings (SSSR count). The predicted molar refractivity (Wildman–Crippen MR) is 181 cm³/mol. The average Bonchev–Trinajstić information content (AvgIpc) is 3.03. The number of nitrogens with one attached hydrogen (secondary N) is 1. The Morgan fingerprint density at radius 2 is 1.54 bits per heavy atom. The van der Waals surface area contributed by atoms with E-state index in [0.717, 1.165) is 47.5 Å². The Bertz CT molecular complexity index is 1660. The van der Waals surface area contributed by atoms with E-state index in [0.29, 0.717) is 27.0 Å². The standard InChI is InChI=1S/C34H41Cl2N3O6S/c1-22-15-23(2)17-27(16-22)39(46(42,43)28-12-14-31(44-4)32(19-28)45-5)21-33(40)38(20-25-11-13-29(35)30(36)18-25)24(3)34(41)37-26-9-7-6-8-10-26/h11-19,24,26H,6-10,20-21H2,1-5H3,(H,37,41). The van der Waals surface area contributed by atoms with Crippen molar-refractivity contribution in [1.29, 1.82) is 0 Å². The minimum atomic E-state index is -4.32. The largest absolute Gasteiger partial charge is 0.493 e. The molecule has 9 nitrogen and oxygen atoms in total. The van der Waals surface area contributed by atoms with Crippen LogP contribution in [-0.2, 0) is 26.2 Å². The van der Waals surface area contributed by atoms with E-state index >= 15 is 0 Å². The first kappa shape index (κ1) is 35.4. The van der Waals surface area contributed by atoms with Crippen LogP contribution in [-0.4, -0.2) is 58.0 Å². The summed E-state index contributed by atoms with van der Waals surface area (Å²) in [7, 11) is -1.44.